The number of carbonyl (C=O) groups excluding carboxylic acids is 1. The van der Waals surface area contributed by atoms with E-state index in [9.17, 15) is 4.79 Å². The van der Waals surface area contributed by atoms with Crippen LogP contribution in [-0.4, -0.2) is 20.0 Å². The molecule has 1 atom stereocenters. The van der Waals surface area contributed by atoms with Gasteiger partial charge in [-0.1, -0.05) is 13.0 Å². The first-order chi connectivity index (χ1) is 9.15. The summed E-state index contributed by atoms with van der Waals surface area (Å²) in [5, 5.41) is 0. The molecular weight excluding hydrogens is 240 g/mol. The van der Waals surface area contributed by atoms with Crippen molar-refractivity contribution in [2.75, 3.05) is 14.2 Å². The van der Waals surface area contributed by atoms with Crippen molar-refractivity contribution in [3.63, 3.8) is 0 Å². The first-order valence-electron chi connectivity index (χ1n) is 6.61. The highest BCUT2D eigenvalue weighted by Crippen LogP contribution is 2.30. The van der Waals surface area contributed by atoms with E-state index >= 15 is 0 Å². The molecule has 0 aliphatic heterocycles. The van der Waals surface area contributed by atoms with Crippen LogP contribution in [0.1, 0.15) is 36.5 Å². The predicted molar refractivity (Wildman–Crippen MR) is 75.0 cm³/mol. The number of ether oxygens (including phenoxy) is 2. The molecule has 0 radical (unpaired) electrons. The number of benzene rings is 1. The Kier molecular flexibility index (Phi) is 4.25. The molecule has 1 aromatic rings. The van der Waals surface area contributed by atoms with Crippen molar-refractivity contribution in [3.05, 3.63) is 35.4 Å². The van der Waals surface area contributed by atoms with Crippen LogP contribution in [0.15, 0.2) is 29.8 Å². The average Bonchev–Trinajstić information content (AvgIpc) is 2.46. The summed E-state index contributed by atoms with van der Waals surface area (Å²) in [6.45, 7) is 2.21. The lowest BCUT2D eigenvalue weighted by Crippen LogP contribution is -2.11. The molecule has 3 nitrogen and oxygen atoms in total. The summed E-state index contributed by atoms with van der Waals surface area (Å²) in [5.41, 5.74) is 1.48. The Morgan fingerprint density at radius 2 is 2.05 bits per heavy atom. The summed E-state index contributed by atoms with van der Waals surface area (Å²) in [6.07, 6.45) is 4.97. The number of hydrogen-bond acceptors (Lipinski definition) is 3. The fraction of sp³-hybridized carbons (Fsp3) is 0.438. The van der Waals surface area contributed by atoms with Crippen LogP contribution in [0.2, 0.25) is 0 Å². The van der Waals surface area contributed by atoms with Gasteiger partial charge >= 0.3 is 0 Å². The summed E-state index contributed by atoms with van der Waals surface area (Å²) in [7, 11) is 3.17. The van der Waals surface area contributed by atoms with E-state index in [1.165, 1.54) is 0 Å². The van der Waals surface area contributed by atoms with E-state index < -0.39 is 0 Å². The third kappa shape index (κ3) is 2.98. The summed E-state index contributed by atoms with van der Waals surface area (Å²) >= 11 is 0. The SMILES string of the molecule is COc1ccc(OC)c(C(=O)C2=CCC(C)CC2)c1. The average molecular weight is 260 g/mol. The Bertz CT molecular complexity index is 503. The summed E-state index contributed by atoms with van der Waals surface area (Å²) < 4.78 is 10.5. The van der Waals surface area contributed by atoms with Crippen LogP contribution in [0, 0.1) is 5.92 Å². The predicted octanol–water partition coefficient (Wildman–Crippen LogP) is 3.63. The summed E-state index contributed by atoms with van der Waals surface area (Å²) in [5.74, 6) is 2.01. The Balaban J connectivity index is 2.32. The molecule has 1 unspecified atom stereocenters. The van der Waals surface area contributed by atoms with Crippen molar-refractivity contribution in [1.29, 1.82) is 0 Å². The van der Waals surface area contributed by atoms with Gasteiger partial charge in [0.05, 0.1) is 19.8 Å². The van der Waals surface area contributed by atoms with E-state index in [0.29, 0.717) is 23.0 Å². The number of carbonyl (C=O) groups is 1. The fourth-order valence-corrected chi connectivity index (χ4v) is 2.34. The second kappa shape index (κ2) is 5.91. The molecule has 0 aromatic heterocycles. The first-order valence-corrected chi connectivity index (χ1v) is 6.61. The number of methoxy groups -OCH3 is 2. The van der Waals surface area contributed by atoms with Gasteiger partial charge in [-0.05, 0) is 49.0 Å². The zero-order valence-electron chi connectivity index (χ0n) is 11.7. The Morgan fingerprint density at radius 3 is 2.63 bits per heavy atom. The van der Waals surface area contributed by atoms with Crippen LogP contribution in [0.4, 0.5) is 0 Å². The monoisotopic (exact) mass is 260 g/mol. The van der Waals surface area contributed by atoms with Gasteiger partial charge in [0.15, 0.2) is 5.78 Å². The molecule has 3 heteroatoms. The molecule has 19 heavy (non-hydrogen) atoms. The highest BCUT2D eigenvalue weighted by molar-refractivity contribution is 6.10. The van der Waals surface area contributed by atoms with Gasteiger partial charge in [-0.3, -0.25) is 4.79 Å². The molecule has 0 fully saturated rings. The van der Waals surface area contributed by atoms with Crippen LogP contribution >= 0.6 is 0 Å². The topological polar surface area (TPSA) is 35.5 Å². The lowest BCUT2D eigenvalue weighted by Gasteiger charge is -2.18. The maximum absolute atomic E-state index is 12.6. The van der Waals surface area contributed by atoms with E-state index in [1.54, 1.807) is 32.4 Å². The molecule has 102 valence electrons. The number of hydrogen-bond donors (Lipinski definition) is 0. The van der Waals surface area contributed by atoms with E-state index in [2.05, 4.69) is 13.0 Å². The Morgan fingerprint density at radius 1 is 1.26 bits per heavy atom. The molecule has 0 bridgehead atoms. The van der Waals surface area contributed by atoms with E-state index in [-0.39, 0.29) is 5.78 Å². The van der Waals surface area contributed by atoms with Gasteiger partial charge in [-0.25, -0.2) is 0 Å². The van der Waals surface area contributed by atoms with Crippen LogP contribution in [-0.2, 0) is 0 Å². The third-order valence-electron chi connectivity index (χ3n) is 3.62. The Labute approximate surface area is 114 Å². The number of allylic oxidation sites excluding steroid dienone is 2. The van der Waals surface area contributed by atoms with Gasteiger partial charge in [0.2, 0.25) is 0 Å². The molecule has 1 aromatic carbocycles. The summed E-state index contributed by atoms with van der Waals surface area (Å²) in [4.78, 5) is 12.6. The highest BCUT2D eigenvalue weighted by Gasteiger charge is 2.20. The molecule has 0 saturated carbocycles. The zero-order chi connectivity index (χ0) is 13.8. The van der Waals surface area contributed by atoms with Gasteiger partial charge in [0.25, 0.3) is 0 Å². The maximum Gasteiger partial charge on any atom is 0.192 e. The second-order valence-electron chi connectivity index (χ2n) is 5.00. The lowest BCUT2D eigenvalue weighted by molar-refractivity contribution is 0.102. The van der Waals surface area contributed by atoms with Crippen molar-refractivity contribution in [2.24, 2.45) is 5.92 Å². The molecule has 0 heterocycles. The van der Waals surface area contributed by atoms with Crippen LogP contribution in [0.5, 0.6) is 11.5 Å². The van der Waals surface area contributed by atoms with Gasteiger partial charge in [-0.2, -0.15) is 0 Å². The van der Waals surface area contributed by atoms with Crippen molar-refractivity contribution in [3.8, 4) is 11.5 Å². The number of Topliss-reactive ketones (excluding diaryl/α,β-unsaturated/α-hetero) is 1. The number of ketones is 1. The van der Waals surface area contributed by atoms with Gasteiger partial charge in [0, 0.05) is 0 Å². The smallest absolute Gasteiger partial charge is 0.192 e. The minimum absolute atomic E-state index is 0.0580. The molecule has 1 aliphatic carbocycles. The minimum atomic E-state index is 0.0580. The first kappa shape index (κ1) is 13.7. The standard InChI is InChI=1S/C16H20O3/c1-11-4-6-12(7-5-11)16(17)14-10-13(18-2)8-9-15(14)19-3/h6,8-11H,4-5,7H2,1-3H3. The van der Waals surface area contributed by atoms with Crippen molar-refractivity contribution in [1.82, 2.24) is 0 Å². The second-order valence-corrected chi connectivity index (χ2v) is 5.00. The maximum atomic E-state index is 12.6. The van der Waals surface area contributed by atoms with Crippen LogP contribution in [0.3, 0.4) is 0 Å². The van der Waals surface area contributed by atoms with Gasteiger partial charge in [0.1, 0.15) is 11.5 Å². The molecular formula is C16H20O3. The highest BCUT2D eigenvalue weighted by atomic mass is 16.5. The molecule has 0 spiro atoms. The summed E-state index contributed by atoms with van der Waals surface area (Å²) in [6, 6.07) is 5.32. The normalized spacial score (nSPS) is 18.7. The number of rotatable bonds is 4. The molecule has 0 amide bonds. The third-order valence-corrected chi connectivity index (χ3v) is 3.62. The largest absolute Gasteiger partial charge is 0.497 e. The van der Waals surface area contributed by atoms with Crippen molar-refractivity contribution >= 4 is 5.78 Å². The quantitative estimate of drug-likeness (QED) is 0.775. The lowest BCUT2D eigenvalue weighted by atomic mass is 9.87. The van der Waals surface area contributed by atoms with E-state index in [4.69, 9.17) is 9.47 Å². The fourth-order valence-electron chi connectivity index (χ4n) is 2.34. The van der Waals surface area contributed by atoms with E-state index in [1.807, 2.05) is 0 Å². The van der Waals surface area contributed by atoms with Crippen LogP contribution in [0.25, 0.3) is 0 Å². The zero-order valence-corrected chi connectivity index (χ0v) is 11.7. The van der Waals surface area contributed by atoms with E-state index in [0.717, 1.165) is 24.8 Å². The molecule has 0 N–H and O–H groups in total. The molecule has 1 aliphatic rings. The van der Waals surface area contributed by atoms with Crippen LogP contribution < -0.4 is 9.47 Å². The van der Waals surface area contributed by atoms with Gasteiger partial charge < -0.3 is 9.47 Å². The van der Waals surface area contributed by atoms with Crippen molar-refractivity contribution < 1.29 is 14.3 Å². The van der Waals surface area contributed by atoms with Gasteiger partial charge in [-0.15, -0.1) is 0 Å². The van der Waals surface area contributed by atoms with Crippen molar-refractivity contribution in [2.45, 2.75) is 26.2 Å². The minimum Gasteiger partial charge on any atom is -0.497 e. The molecule has 2 rings (SSSR count). The Hall–Kier alpha value is -1.77. The molecule has 0 saturated heterocycles.